The first-order chi connectivity index (χ1) is 16.7. The van der Waals surface area contributed by atoms with E-state index >= 15 is 0 Å². The Kier molecular flexibility index (Phi) is 5.65. The van der Waals surface area contributed by atoms with Gasteiger partial charge in [0, 0.05) is 38.2 Å². The van der Waals surface area contributed by atoms with Crippen molar-refractivity contribution in [2.45, 2.75) is 37.9 Å². The number of rotatable bonds is 4. The minimum atomic E-state index is -4.49. The normalized spacial score (nSPS) is 16.8. The van der Waals surface area contributed by atoms with E-state index in [-0.39, 0.29) is 31.3 Å². The van der Waals surface area contributed by atoms with Crippen LogP contribution in [0.4, 0.5) is 13.2 Å². The van der Waals surface area contributed by atoms with Gasteiger partial charge in [0.1, 0.15) is 5.82 Å². The van der Waals surface area contributed by atoms with Gasteiger partial charge in [-0.05, 0) is 37.1 Å². The molecule has 35 heavy (non-hydrogen) atoms. The number of nitrogens with one attached hydrogen (secondary N) is 1. The zero-order valence-electron chi connectivity index (χ0n) is 18.5. The molecule has 1 atom stereocenters. The third kappa shape index (κ3) is 4.31. The molecule has 1 fully saturated rings. The number of hydrogen-bond acceptors (Lipinski definition) is 5. The van der Waals surface area contributed by atoms with Crippen molar-refractivity contribution in [1.29, 1.82) is 0 Å². The fraction of sp³-hybridized carbons (Fsp3) is 0.348. The number of carbonyl (C=O) groups is 1. The van der Waals surface area contributed by atoms with Crippen LogP contribution in [0.3, 0.4) is 0 Å². The summed E-state index contributed by atoms with van der Waals surface area (Å²) >= 11 is 0. The number of carbonyl (C=O) groups excluding carboxylic acids is 1. The third-order valence-electron chi connectivity index (χ3n) is 6.35. The van der Waals surface area contributed by atoms with Gasteiger partial charge in [0.25, 0.3) is 5.56 Å². The second kappa shape index (κ2) is 8.67. The molecule has 3 aromatic heterocycles. The Morgan fingerprint density at radius 1 is 1.11 bits per heavy atom. The van der Waals surface area contributed by atoms with Crippen LogP contribution < -0.4 is 11.2 Å². The maximum absolute atomic E-state index is 13.2. The molecule has 0 aliphatic carbocycles. The van der Waals surface area contributed by atoms with Crippen molar-refractivity contribution in [3.63, 3.8) is 0 Å². The summed E-state index contributed by atoms with van der Waals surface area (Å²) < 4.78 is 42.3. The molecule has 1 aromatic carbocycles. The minimum Gasteiger partial charge on any atom is -0.342 e. The summed E-state index contributed by atoms with van der Waals surface area (Å²) in [4.78, 5) is 41.3. The maximum Gasteiger partial charge on any atom is 0.417 e. The lowest BCUT2D eigenvalue weighted by molar-refractivity contribution is -0.137. The Balaban J connectivity index is 1.34. The van der Waals surface area contributed by atoms with Crippen LogP contribution in [0.1, 0.15) is 36.6 Å². The van der Waals surface area contributed by atoms with Crippen LogP contribution in [0.25, 0.3) is 16.6 Å². The zero-order chi connectivity index (χ0) is 24.7. The molecule has 9 nitrogen and oxygen atoms in total. The smallest absolute Gasteiger partial charge is 0.342 e. The van der Waals surface area contributed by atoms with E-state index in [1.165, 1.54) is 15.0 Å². The molecule has 182 valence electrons. The van der Waals surface area contributed by atoms with Crippen LogP contribution >= 0.6 is 0 Å². The van der Waals surface area contributed by atoms with Gasteiger partial charge in [-0.15, -0.1) is 10.2 Å². The molecule has 0 spiro atoms. The lowest BCUT2D eigenvalue weighted by atomic mass is 9.97. The van der Waals surface area contributed by atoms with Gasteiger partial charge in [-0.3, -0.25) is 23.5 Å². The van der Waals surface area contributed by atoms with Gasteiger partial charge in [-0.1, -0.05) is 12.1 Å². The fourth-order valence-corrected chi connectivity index (χ4v) is 4.60. The molecule has 12 heteroatoms. The van der Waals surface area contributed by atoms with E-state index in [1.54, 1.807) is 29.2 Å². The summed E-state index contributed by atoms with van der Waals surface area (Å²) in [6.07, 6.45) is -2.16. The number of para-hydroxylation sites is 1. The van der Waals surface area contributed by atoms with Gasteiger partial charge >= 0.3 is 11.9 Å². The first-order valence-electron chi connectivity index (χ1n) is 11.1. The molecule has 4 heterocycles. The topological polar surface area (TPSA) is 105 Å². The predicted octanol–water partition coefficient (Wildman–Crippen LogP) is 2.55. The van der Waals surface area contributed by atoms with E-state index in [1.807, 2.05) is 0 Å². The van der Waals surface area contributed by atoms with Crippen molar-refractivity contribution in [3.05, 3.63) is 74.8 Å². The zero-order valence-corrected chi connectivity index (χ0v) is 18.5. The van der Waals surface area contributed by atoms with Crippen molar-refractivity contribution < 1.29 is 18.0 Å². The van der Waals surface area contributed by atoms with Crippen molar-refractivity contribution in [2.75, 3.05) is 13.1 Å². The number of likely N-dealkylation sites (tertiary alicyclic amines) is 1. The lowest BCUT2D eigenvalue weighted by Crippen LogP contribution is -2.40. The Morgan fingerprint density at radius 2 is 1.91 bits per heavy atom. The van der Waals surface area contributed by atoms with Gasteiger partial charge in [-0.25, -0.2) is 4.79 Å². The largest absolute Gasteiger partial charge is 0.417 e. The summed E-state index contributed by atoms with van der Waals surface area (Å²) in [5.74, 6) is -0.0871. The first-order valence-corrected chi connectivity index (χ1v) is 11.1. The monoisotopic (exact) mass is 486 g/mol. The molecule has 1 aliphatic rings. The highest BCUT2D eigenvalue weighted by molar-refractivity contribution is 5.79. The molecule has 0 radical (unpaired) electrons. The number of piperidine rings is 1. The summed E-state index contributed by atoms with van der Waals surface area (Å²) in [6.45, 7) is 0.872. The summed E-state index contributed by atoms with van der Waals surface area (Å²) in [5, 5.41) is 8.45. The number of benzene rings is 1. The number of hydrogen-bond donors (Lipinski definition) is 1. The molecular weight excluding hydrogens is 465 g/mol. The Morgan fingerprint density at radius 3 is 2.71 bits per heavy atom. The van der Waals surface area contributed by atoms with Crippen LogP contribution in [-0.2, 0) is 17.5 Å². The van der Waals surface area contributed by atoms with Gasteiger partial charge in [0.05, 0.1) is 16.5 Å². The molecule has 1 aliphatic heterocycles. The quantitative estimate of drug-likeness (QED) is 0.477. The summed E-state index contributed by atoms with van der Waals surface area (Å²) in [6, 6.07) is 8.90. The van der Waals surface area contributed by atoms with Crippen molar-refractivity contribution >= 4 is 22.5 Å². The summed E-state index contributed by atoms with van der Waals surface area (Å²) in [5.41, 5.74) is -1.12. The van der Waals surface area contributed by atoms with Crippen molar-refractivity contribution in [3.8, 4) is 0 Å². The van der Waals surface area contributed by atoms with Gasteiger partial charge in [0.2, 0.25) is 5.91 Å². The van der Waals surface area contributed by atoms with Crippen LogP contribution in [0.5, 0.6) is 0 Å². The molecule has 1 unspecified atom stereocenters. The number of amides is 1. The van der Waals surface area contributed by atoms with E-state index in [0.717, 1.165) is 12.3 Å². The van der Waals surface area contributed by atoms with Crippen LogP contribution in [-0.4, -0.2) is 48.0 Å². The highest BCUT2D eigenvalue weighted by atomic mass is 19.4. The van der Waals surface area contributed by atoms with Crippen molar-refractivity contribution in [2.24, 2.45) is 0 Å². The van der Waals surface area contributed by atoms with E-state index in [9.17, 15) is 27.6 Å². The number of pyridine rings is 1. The molecule has 4 aromatic rings. The number of aryl methyl sites for hydroxylation is 1. The van der Waals surface area contributed by atoms with Crippen LogP contribution in [0.15, 0.2) is 52.2 Å². The highest BCUT2D eigenvalue weighted by Gasteiger charge is 2.32. The van der Waals surface area contributed by atoms with Crippen LogP contribution in [0.2, 0.25) is 0 Å². The first kappa shape index (κ1) is 22.8. The predicted molar refractivity (Wildman–Crippen MR) is 120 cm³/mol. The Hall–Kier alpha value is -3.96. The van der Waals surface area contributed by atoms with E-state index in [4.69, 9.17) is 0 Å². The van der Waals surface area contributed by atoms with Gasteiger partial charge in [0.15, 0.2) is 5.65 Å². The Bertz CT molecular complexity index is 1540. The molecule has 1 amide bonds. The van der Waals surface area contributed by atoms with Crippen molar-refractivity contribution in [1.82, 2.24) is 29.0 Å². The fourth-order valence-electron chi connectivity index (χ4n) is 4.60. The Labute approximate surface area is 195 Å². The average molecular weight is 486 g/mol. The number of aromatic amines is 1. The number of alkyl halides is 3. The summed E-state index contributed by atoms with van der Waals surface area (Å²) in [7, 11) is 0. The SMILES string of the molecule is O=C(CCn1c(=O)[nH]c(=O)c2ccccc21)N1CCCC(c2nnc3ccc(C(F)(F)F)cn23)C1. The number of fused-ring (bicyclic) bond motifs is 2. The molecular formula is C23H21F3N6O3. The van der Waals surface area contributed by atoms with Gasteiger partial charge in [-0.2, -0.15) is 13.2 Å². The number of halogens is 3. The lowest BCUT2D eigenvalue weighted by Gasteiger charge is -2.32. The number of aromatic nitrogens is 5. The van der Waals surface area contributed by atoms with E-state index < -0.39 is 23.0 Å². The molecule has 1 N–H and O–H groups in total. The van der Waals surface area contributed by atoms with E-state index in [0.29, 0.717) is 41.8 Å². The number of nitrogens with zero attached hydrogens (tertiary/aromatic N) is 5. The standard InChI is InChI=1S/C23H21F3N6O3/c24-23(25,26)15-7-8-18-28-29-20(32(18)13-15)14-4-3-10-30(12-14)19(33)9-11-31-17-6-2-1-5-16(17)21(34)27-22(31)35/h1-2,5-8,13-14H,3-4,9-12H2,(H,27,34,35). The average Bonchev–Trinajstić information content (AvgIpc) is 3.27. The molecule has 5 rings (SSSR count). The molecule has 0 saturated carbocycles. The third-order valence-corrected chi connectivity index (χ3v) is 6.35. The van der Waals surface area contributed by atoms with Gasteiger partial charge < -0.3 is 4.90 Å². The molecule has 1 saturated heterocycles. The number of H-pyrrole nitrogens is 1. The maximum atomic E-state index is 13.2. The second-order valence-electron chi connectivity index (χ2n) is 8.56. The minimum absolute atomic E-state index is 0.0292. The second-order valence-corrected chi connectivity index (χ2v) is 8.56. The highest BCUT2D eigenvalue weighted by Crippen LogP contribution is 2.31. The van der Waals surface area contributed by atoms with Crippen LogP contribution in [0, 0.1) is 0 Å². The molecule has 0 bridgehead atoms. The van der Waals surface area contributed by atoms with E-state index in [2.05, 4.69) is 15.2 Å².